The lowest BCUT2D eigenvalue weighted by molar-refractivity contribution is -0.161. The van der Waals surface area contributed by atoms with E-state index in [0.717, 1.165) is 96.3 Å². The highest BCUT2D eigenvalue weighted by molar-refractivity contribution is 7.47. The molecule has 3 N–H and O–H groups in total. The molecular formula is C66H128O17P2. The fourth-order valence-corrected chi connectivity index (χ4v) is 11.6. The van der Waals surface area contributed by atoms with Crippen molar-refractivity contribution in [3.63, 3.8) is 0 Å². The van der Waals surface area contributed by atoms with Crippen molar-refractivity contribution in [2.24, 2.45) is 0 Å². The van der Waals surface area contributed by atoms with Gasteiger partial charge < -0.3 is 33.8 Å². The van der Waals surface area contributed by atoms with Gasteiger partial charge in [-0.1, -0.05) is 291 Å². The number of aliphatic hydroxyl groups is 1. The van der Waals surface area contributed by atoms with Crippen LogP contribution in [0, 0.1) is 0 Å². The van der Waals surface area contributed by atoms with Gasteiger partial charge in [0, 0.05) is 25.7 Å². The van der Waals surface area contributed by atoms with Crippen LogP contribution >= 0.6 is 15.6 Å². The minimum Gasteiger partial charge on any atom is -0.462 e. The molecule has 85 heavy (non-hydrogen) atoms. The summed E-state index contributed by atoms with van der Waals surface area (Å²) < 4.78 is 68.0. The lowest BCUT2D eigenvalue weighted by Gasteiger charge is -2.21. The van der Waals surface area contributed by atoms with Crippen LogP contribution in [-0.4, -0.2) is 96.7 Å². The Morgan fingerprint density at radius 2 is 0.471 bits per heavy atom. The maximum Gasteiger partial charge on any atom is 0.472 e. The largest absolute Gasteiger partial charge is 0.472 e. The summed E-state index contributed by atoms with van der Waals surface area (Å²) in [6.45, 7) is 4.88. The van der Waals surface area contributed by atoms with Crippen molar-refractivity contribution in [1.82, 2.24) is 0 Å². The molecule has 0 aromatic carbocycles. The number of esters is 4. The quantitative estimate of drug-likeness (QED) is 0.0222. The fraction of sp³-hybridized carbons (Fsp3) is 0.939. The zero-order valence-corrected chi connectivity index (χ0v) is 56.4. The molecule has 5 atom stereocenters. The number of hydrogen-bond acceptors (Lipinski definition) is 15. The number of ether oxygens (including phenoxy) is 4. The second-order valence-electron chi connectivity index (χ2n) is 23.9. The summed E-state index contributed by atoms with van der Waals surface area (Å²) in [5.74, 6) is -2.13. The zero-order chi connectivity index (χ0) is 62.6. The lowest BCUT2D eigenvalue weighted by Crippen LogP contribution is -2.30. The smallest absolute Gasteiger partial charge is 0.462 e. The predicted octanol–water partition coefficient (Wildman–Crippen LogP) is 18.7. The molecule has 504 valence electrons. The van der Waals surface area contributed by atoms with Gasteiger partial charge in [-0.2, -0.15) is 0 Å². The van der Waals surface area contributed by atoms with Crippen molar-refractivity contribution in [2.75, 3.05) is 39.6 Å². The van der Waals surface area contributed by atoms with E-state index < -0.39 is 97.5 Å². The van der Waals surface area contributed by atoms with Crippen LogP contribution in [0.4, 0.5) is 0 Å². The van der Waals surface area contributed by atoms with Gasteiger partial charge in [0.15, 0.2) is 12.2 Å². The number of carbonyl (C=O) groups is 4. The first kappa shape index (κ1) is 83.1. The summed E-state index contributed by atoms with van der Waals surface area (Å²) in [5.41, 5.74) is 0. The van der Waals surface area contributed by atoms with E-state index in [1.165, 1.54) is 167 Å². The van der Waals surface area contributed by atoms with Crippen molar-refractivity contribution in [2.45, 2.75) is 361 Å². The minimum atomic E-state index is -4.94. The van der Waals surface area contributed by atoms with Gasteiger partial charge in [0.25, 0.3) is 0 Å². The summed E-state index contributed by atoms with van der Waals surface area (Å²) in [4.78, 5) is 72.2. The molecule has 0 fully saturated rings. The van der Waals surface area contributed by atoms with Crippen molar-refractivity contribution in [3.05, 3.63) is 0 Å². The standard InChI is InChI=1S/C66H128O17P2/c1-5-9-13-17-21-25-28-30-31-32-34-37-41-45-49-53-66(71)83-62(57-77-64(69)51-47-43-39-36-33-29-26-22-18-14-10-6-2)59-81-85(74,75)79-55-60(67)54-78-84(72,73)80-58-61(56-76-63(68)50-46-42-38-24-20-16-12-8-4)82-65(70)52-48-44-40-35-27-23-19-15-11-7-3/h60-62,67H,5-59H2,1-4H3,(H,72,73)(H,74,75)/t60-,61+,62+/m0/s1. The Bertz CT molecular complexity index is 1640. The Balaban J connectivity index is 5.21. The van der Waals surface area contributed by atoms with Gasteiger partial charge in [-0.05, 0) is 25.7 Å². The number of phosphoric acid groups is 2. The third-order valence-corrected chi connectivity index (χ3v) is 17.3. The molecular weight excluding hydrogens is 1130 g/mol. The van der Waals surface area contributed by atoms with Gasteiger partial charge in [0.1, 0.15) is 19.3 Å². The predicted molar refractivity (Wildman–Crippen MR) is 340 cm³/mol. The molecule has 0 amide bonds. The summed E-state index contributed by atoms with van der Waals surface area (Å²) in [6.07, 6.45) is 47.1. The molecule has 2 unspecified atom stereocenters. The number of hydrogen-bond donors (Lipinski definition) is 3. The van der Waals surface area contributed by atoms with Gasteiger partial charge in [-0.15, -0.1) is 0 Å². The molecule has 0 saturated heterocycles. The van der Waals surface area contributed by atoms with Crippen LogP contribution in [0.5, 0.6) is 0 Å². The average molecular weight is 1260 g/mol. The van der Waals surface area contributed by atoms with Crippen LogP contribution in [0.2, 0.25) is 0 Å². The van der Waals surface area contributed by atoms with Gasteiger partial charge in [0.05, 0.1) is 26.4 Å². The number of aliphatic hydroxyl groups excluding tert-OH is 1. The molecule has 0 heterocycles. The van der Waals surface area contributed by atoms with Crippen molar-refractivity contribution >= 4 is 39.5 Å². The third kappa shape index (κ3) is 60.7. The molecule has 19 heteroatoms. The van der Waals surface area contributed by atoms with E-state index in [1.54, 1.807) is 0 Å². The highest BCUT2D eigenvalue weighted by Crippen LogP contribution is 2.45. The lowest BCUT2D eigenvalue weighted by atomic mass is 10.0. The molecule has 0 saturated carbocycles. The summed E-state index contributed by atoms with van der Waals surface area (Å²) in [5, 5.41) is 10.5. The van der Waals surface area contributed by atoms with Crippen LogP contribution < -0.4 is 0 Å². The number of unbranched alkanes of at least 4 members (excludes halogenated alkanes) is 41. The maximum atomic E-state index is 13.0. The molecule has 0 aliphatic rings. The second kappa shape index (κ2) is 60.9. The molecule has 0 aliphatic carbocycles. The zero-order valence-electron chi connectivity index (χ0n) is 54.6. The number of carbonyl (C=O) groups excluding carboxylic acids is 4. The Morgan fingerprint density at radius 1 is 0.282 bits per heavy atom. The molecule has 0 aromatic heterocycles. The molecule has 0 aliphatic heterocycles. The van der Waals surface area contributed by atoms with Crippen molar-refractivity contribution in [3.8, 4) is 0 Å². The summed E-state index contributed by atoms with van der Waals surface area (Å²) in [6, 6.07) is 0. The van der Waals surface area contributed by atoms with Crippen LogP contribution in [-0.2, 0) is 65.4 Å². The third-order valence-electron chi connectivity index (χ3n) is 15.4. The fourth-order valence-electron chi connectivity index (χ4n) is 9.99. The van der Waals surface area contributed by atoms with E-state index >= 15 is 0 Å². The molecule has 0 radical (unpaired) electrons. The Kier molecular flexibility index (Phi) is 59.6. The van der Waals surface area contributed by atoms with Gasteiger partial charge in [-0.3, -0.25) is 37.3 Å². The van der Waals surface area contributed by atoms with E-state index in [-0.39, 0.29) is 25.7 Å². The van der Waals surface area contributed by atoms with Gasteiger partial charge in [0.2, 0.25) is 0 Å². The minimum absolute atomic E-state index is 0.107. The molecule has 0 spiro atoms. The van der Waals surface area contributed by atoms with E-state index in [1.807, 2.05) is 0 Å². The Hall–Kier alpha value is -1.94. The van der Waals surface area contributed by atoms with Crippen LogP contribution in [0.15, 0.2) is 0 Å². The number of rotatable bonds is 67. The van der Waals surface area contributed by atoms with Crippen molar-refractivity contribution in [1.29, 1.82) is 0 Å². The first-order chi connectivity index (χ1) is 41.2. The van der Waals surface area contributed by atoms with Crippen LogP contribution in [0.3, 0.4) is 0 Å². The molecule has 0 rings (SSSR count). The monoisotopic (exact) mass is 1250 g/mol. The Labute approximate surface area is 517 Å². The topological polar surface area (TPSA) is 237 Å². The first-order valence-electron chi connectivity index (χ1n) is 34.8. The number of phosphoric ester groups is 2. The van der Waals surface area contributed by atoms with E-state index in [2.05, 4.69) is 27.7 Å². The SMILES string of the molecule is CCCCCCCCCCCCCCCCCC(=O)O[C@H](COC(=O)CCCCCCCCCCCCCC)COP(=O)(O)OC[C@@H](O)COP(=O)(O)OC[C@@H](COC(=O)CCCCCCCCCC)OC(=O)CCCCCCCCCCCC. The van der Waals surface area contributed by atoms with Crippen molar-refractivity contribution < 1.29 is 80.2 Å². The Morgan fingerprint density at radius 3 is 0.694 bits per heavy atom. The van der Waals surface area contributed by atoms with E-state index in [9.17, 15) is 43.2 Å². The van der Waals surface area contributed by atoms with E-state index in [4.69, 9.17) is 37.0 Å². The highest BCUT2D eigenvalue weighted by atomic mass is 31.2. The van der Waals surface area contributed by atoms with Gasteiger partial charge >= 0.3 is 39.5 Å². The summed E-state index contributed by atoms with van der Waals surface area (Å²) >= 11 is 0. The molecule has 0 bridgehead atoms. The first-order valence-corrected chi connectivity index (χ1v) is 37.8. The highest BCUT2D eigenvalue weighted by Gasteiger charge is 2.30. The van der Waals surface area contributed by atoms with E-state index in [0.29, 0.717) is 25.7 Å². The average Bonchev–Trinajstić information content (AvgIpc) is 3.49. The van der Waals surface area contributed by atoms with Crippen LogP contribution in [0.1, 0.15) is 342 Å². The second-order valence-corrected chi connectivity index (χ2v) is 26.8. The van der Waals surface area contributed by atoms with Gasteiger partial charge in [-0.25, -0.2) is 9.13 Å². The molecule has 0 aromatic rings. The maximum absolute atomic E-state index is 13.0. The molecule has 17 nitrogen and oxygen atoms in total. The van der Waals surface area contributed by atoms with Crippen LogP contribution in [0.25, 0.3) is 0 Å². The summed E-state index contributed by atoms with van der Waals surface area (Å²) in [7, 11) is -9.88. The normalized spacial score (nSPS) is 14.1.